The van der Waals surface area contributed by atoms with E-state index in [1.54, 1.807) is 0 Å². The van der Waals surface area contributed by atoms with E-state index in [1.807, 2.05) is 17.9 Å². The highest BCUT2D eigenvalue weighted by Gasteiger charge is 2.29. The highest BCUT2D eigenvalue weighted by Crippen LogP contribution is 2.28. The van der Waals surface area contributed by atoms with Gasteiger partial charge in [-0.05, 0) is 32.6 Å². The quantitative estimate of drug-likeness (QED) is 0.336. The molecule has 0 bridgehead atoms. The zero-order valence-corrected chi connectivity index (χ0v) is 19.0. The molecule has 8 heteroatoms. The third-order valence-electron chi connectivity index (χ3n) is 5.48. The summed E-state index contributed by atoms with van der Waals surface area (Å²) in [5.74, 6) is 0.824. The molecule has 1 aliphatic carbocycles. The van der Waals surface area contributed by atoms with Crippen molar-refractivity contribution in [3.05, 3.63) is 12.4 Å². The number of nitrogens with zero attached hydrogens (tertiary/aromatic N) is 4. The highest BCUT2D eigenvalue weighted by molar-refractivity contribution is 14.0. The van der Waals surface area contributed by atoms with E-state index in [9.17, 15) is 5.11 Å². The molecule has 1 saturated carbocycles. The van der Waals surface area contributed by atoms with Crippen molar-refractivity contribution in [2.75, 3.05) is 31.1 Å². The summed E-state index contributed by atoms with van der Waals surface area (Å²) < 4.78 is 1.85. The molecule has 3 N–H and O–H groups in total. The minimum Gasteiger partial charge on any atom is -0.388 e. The molecule has 1 atom stereocenters. The number of piperidine rings is 1. The lowest BCUT2D eigenvalue weighted by Gasteiger charge is -2.35. The number of anilines is 1. The van der Waals surface area contributed by atoms with E-state index in [0.717, 1.165) is 64.1 Å². The van der Waals surface area contributed by atoms with Crippen molar-refractivity contribution in [2.45, 2.75) is 63.5 Å². The van der Waals surface area contributed by atoms with Crippen molar-refractivity contribution in [1.82, 2.24) is 20.4 Å². The monoisotopic (exact) mass is 490 g/mol. The molecule has 1 unspecified atom stereocenters. The summed E-state index contributed by atoms with van der Waals surface area (Å²) in [5.41, 5.74) is 0.562. The van der Waals surface area contributed by atoms with Crippen molar-refractivity contribution < 1.29 is 5.11 Å². The number of guanidine groups is 1. The van der Waals surface area contributed by atoms with Crippen molar-refractivity contribution in [1.29, 1.82) is 0 Å². The zero-order valence-electron chi connectivity index (χ0n) is 16.7. The first-order valence-electron chi connectivity index (χ1n) is 10.1. The lowest BCUT2D eigenvalue weighted by molar-refractivity contribution is 0.0131. The standard InChI is InChI=1S/C19H34N6O.HI/c1-3-20-18(21-15-19(26)9-5-4-6-10-19)23-16-8-7-11-25(13-16)17-12-22-24(2)14-17;/h12,14,16,26H,3-11,13,15H2,1-2H3,(H2,20,21,23);1H. The van der Waals surface area contributed by atoms with Gasteiger partial charge in [0.2, 0.25) is 0 Å². The van der Waals surface area contributed by atoms with Gasteiger partial charge < -0.3 is 20.6 Å². The summed E-state index contributed by atoms with van der Waals surface area (Å²) in [4.78, 5) is 7.10. The predicted octanol–water partition coefficient (Wildman–Crippen LogP) is 2.26. The van der Waals surface area contributed by atoms with Gasteiger partial charge in [0.05, 0.1) is 24.0 Å². The molecule has 2 heterocycles. The minimum atomic E-state index is -0.616. The van der Waals surface area contributed by atoms with Gasteiger partial charge in [-0.2, -0.15) is 5.10 Å². The molecule has 7 nitrogen and oxygen atoms in total. The van der Waals surface area contributed by atoms with Crippen LogP contribution in [-0.2, 0) is 7.05 Å². The first-order valence-corrected chi connectivity index (χ1v) is 10.1. The van der Waals surface area contributed by atoms with Crippen LogP contribution in [0.2, 0.25) is 0 Å². The molecule has 0 radical (unpaired) electrons. The molecule has 1 aromatic rings. The van der Waals surface area contributed by atoms with Crippen LogP contribution in [0.15, 0.2) is 17.4 Å². The van der Waals surface area contributed by atoms with Crippen LogP contribution < -0.4 is 15.5 Å². The second kappa shape index (κ2) is 10.5. The first kappa shape index (κ1) is 22.3. The van der Waals surface area contributed by atoms with Crippen LogP contribution in [0.5, 0.6) is 0 Å². The number of aromatic nitrogens is 2. The summed E-state index contributed by atoms with van der Waals surface area (Å²) in [5, 5.41) is 21.9. The normalized spacial score (nSPS) is 22.9. The van der Waals surface area contributed by atoms with Gasteiger partial charge in [0, 0.05) is 38.9 Å². The lowest BCUT2D eigenvalue weighted by Crippen LogP contribution is -2.51. The number of hydrogen-bond donors (Lipinski definition) is 3. The topological polar surface area (TPSA) is 77.7 Å². The Balaban J connectivity index is 0.00000261. The van der Waals surface area contributed by atoms with Crippen LogP contribution in [0.25, 0.3) is 0 Å². The Bertz CT molecular complexity index is 599. The van der Waals surface area contributed by atoms with Crippen LogP contribution in [-0.4, -0.2) is 58.7 Å². The number of aliphatic hydroxyl groups is 1. The van der Waals surface area contributed by atoms with Gasteiger partial charge in [-0.1, -0.05) is 19.3 Å². The van der Waals surface area contributed by atoms with Crippen LogP contribution in [0.1, 0.15) is 51.9 Å². The summed E-state index contributed by atoms with van der Waals surface area (Å²) in [6.07, 6.45) is 11.5. The van der Waals surface area contributed by atoms with Crippen LogP contribution in [0.3, 0.4) is 0 Å². The van der Waals surface area contributed by atoms with E-state index < -0.39 is 5.60 Å². The van der Waals surface area contributed by atoms with E-state index >= 15 is 0 Å². The van der Waals surface area contributed by atoms with E-state index in [2.05, 4.69) is 33.8 Å². The Hall–Kier alpha value is -1.03. The fraction of sp³-hybridized carbons (Fsp3) is 0.789. The van der Waals surface area contributed by atoms with Crippen LogP contribution in [0.4, 0.5) is 5.69 Å². The molecule has 27 heavy (non-hydrogen) atoms. The van der Waals surface area contributed by atoms with Gasteiger partial charge in [0.15, 0.2) is 5.96 Å². The average Bonchev–Trinajstić information content (AvgIpc) is 3.07. The molecule has 2 fully saturated rings. The maximum atomic E-state index is 10.7. The second-order valence-electron chi connectivity index (χ2n) is 7.78. The Kier molecular flexibility index (Phi) is 8.65. The molecular weight excluding hydrogens is 455 g/mol. The molecule has 1 aromatic heterocycles. The largest absolute Gasteiger partial charge is 0.388 e. The Morgan fingerprint density at radius 1 is 1.33 bits per heavy atom. The summed E-state index contributed by atoms with van der Waals surface area (Å²) in [6.45, 7) is 5.40. The van der Waals surface area contributed by atoms with Crippen LogP contribution in [0, 0.1) is 0 Å². The molecule has 3 rings (SSSR count). The third-order valence-corrected chi connectivity index (χ3v) is 5.48. The fourth-order valence-corrected chi connectivity index (χ4v) is 4.01. The Morgan fingerprint density at radius 2 is 2.11 bits per heavy atom. The molecule has 0 amide bonds. The predicted molar refractivity (Wildman–Crippen MR) is 121 cm³/mol. The minimum absolute atomic E-state index is 0. The van der Waals surface area contributed by atoms with E-state index in [0.29, 0.717) is 12.6 Å². The molecule has 0 aromatic carbocycles. The van der Waals surface area contributed by atoms with E-state index in [4.69, 9.17) is 4.99 Å². The van der Waals surface area contributed by atoms with Crippen LogP contribution >= 0.6 is 24.0 Å². The van der Waals surface area contributed by atoms with Gasteiger partial charge in [-0.3, -0.25) is 9.67 Å². The highest BCUT2D eigenvalue weighted by atomic mass is 127. The van der Waals surface area contributed by atoms with Gasteiger partial charge in [0.25, 0.3) is 0 Å². The zero-order chi connectivity index (χ0) is 18.4. The number of aliphatic imine (C=N–C) groups is 1. The molecule has 2 aliphatic rings. The van der Waals surface area contributed by atoms with Gasteiger partial charge >= 0.3 is 0 Å². The number of nitrogens with one attached hydrogen (secondary N) is 2. The smallest absolute Gasteiger partial charge is 0.191 e. The second-order valence-corrected chi connectivity index (χ2v) is 7.78. The maximum absolute atomic E-state index is 10.7. The first-order chi connectivity index (χ1) is 12.6. The molecular formula is C19H35IN6O. The maximum Gasteiger partial charge on any atom is 0.191 e. The van der Waals surface area contributed by atoms with Gasteiger partial charge in [0.1, 0.15) is 0 Å². The van der Waals surface area contributed by atoms with Crippen molar-refractivity contribution in [2.24, 2.45) is 12.0 Å². The average molecular weight is 490 g/mol. The molecule has 1 aliphatic heterocycles. The molecule has 0 spiro atoms. The SMILES string of the molecule is CCNC(=NCC1(O)CCCCC1)NC1CCCN(c2cnn(C)c2)C1.I. The van der Waals surface area contributed by atoms with Crippen molar-refractivity contribution >= 4 is 35.6 Å². The molecule has 1 saturated heterocycles. The van der Waals surface area contributed by atoms with Gasteiger partial charge in [-0.15, -0.1) is 24.0 Å². The van der Waals surface area contributed by atoms with Gasteiger partial charge in [-0.25, -0.2) is 0 Å². The fourth-order valence-electron chi connectivity index (χ4n) is 4.01. The number of aryl methyl sites for hydroxylation is 1. The third kappa shape index (κ3) is 6.51. The van der Waals surface area contributed by atoms with Crippen molar-refractivity contribution in [3.63, 3.8) is 0 Å². The summed E-state index contributed by atoms with van der Waals surface area (Å²) in [6, 6.07) is 0.350. The number of hydrogen-bond acceptors (Lipinski definition) is 4. The molecule has 154 valence electrons. The van der Waals surface area contributed by atoms with E-state index in [-0.39, 0.29) is 24.0 Å². The Labute approximate surface area is 180 Å². The van der Waals surface area contributed by atoms with E-state index in [1.165, 1.54) is 12.1 Å². The lowest BCUT2D eigenvalue weighted by atomic mass is 9.85. The Morgan fingerprint density at radius 3 is 2.78 bits per heavy atom. The van der Waals surface area contributed by atoms with Crippen molar-refractivity contribution in [3.8, 4) is 0 Å². The summed E-state index contributed by atoms with van der Waals surface area (Å²) >= 11 is 0. The number of rotatable bonds is 5. The number of halogens is 1. The summed E-state index contributed by atoms with van der Waals surface area (Å²) in [7, 11) is 1.95.